The molecular weight excluding hydrogens is 401 g/mol. The summed E-state index contributed by atoms with van der Waals surface area (Å²) in [5.41, 5.74) is 1.37. The van der Waals surface area contributed by atoms with Gasteiger partial charge in [0.2, 0.25) is 5.91 Å². The summed E-state index contributed by atoms with van der Waals surface area (Å²) in [7, 11) is 0. The lowest BCUT2D eigenvalue weighted by atomic mass is 10.1. The van der Waals surface area contributed by atoms with Gasteiger partial charge >= 0.3 is 0 Å². The number of carbonyl (C=O) groups excluding carboxylic acids is 2. The van der Waals surface area contributed by atoms with Crippen LogP contribution in [-0.2, 0) is 9.53 Å². The molecule has 2 saturated heterocycles. The molecule has 2 fully saturated rings. The number of amides is 2. The summed E-state index contributed by atoms with van der Waals surface area (Å²) in [6.45, 7) is 5.63. The van der Waals surface area contributed by atoms with Crippen LogP contribution in [0.25, 0.3) is 0 Å². The van der Waals surface area contributed by atoms with Gasteiger partial charge in [0, 0.05) is 31.5 Å². The zero-order valence-electron chi connectivity index (χ0n) is 17.5. The van der Waals surface area contributed by atoms with E-state index in [0.717, 1.165) is 25.9 Å². The predicted octanol–water partition coefficient (Wildman–Crippen LogP) is 2.17. The number of morpholine rings is 1. The number of hydrogen-bond donors (Lipinski definition) is 1. The molecule has 9 heteroatoms. The van der Waals surface area contributed by atoms with Gasteiger partial charge in [0.15, 0.2) is 5.82 Å². The lowest BCUT2D eigenvalue weighted by Crippen LogP contribution is -2.44. The molecule has 0 aliphatic carbocycles. The molecular formula is C22H26FN5O3. The van der Waals surface area contributed by atoms with Gasteiger partial charge < -0.3 is 15.0 Å². The number of carbonyl (C=O) groups is 2. The van der Waals surface area contributed by atoms with Crippen LogP contribution in [0.15, 0.2) is 30.5 Å². The normalized spacial score (nSPS) is 19.4. The van der Waals surface area contributed by atoms with E-state index in [2.05, 4.69) is 20.2 Å². The second-order valence-corrected chi connectivity index (χ2v) is 7.82. The summed E-state index contributed by atoms with van der Waals surface area (Å²) in [5, 5.41) is 2.72. The molecule has 2 aliphatic rings. The fraction of sp³-hybridized carbons (Fsp3) is 0.455. The van der Waals surface area contributed by atoms with Crippen molar-refractivity contribution in [1.82, 2.24) is 19.8 Å². The van der Waals surface area contributed by atoms with Crippen molar-refractivity contribution in [3.05, 3.63) is 53.4 Å². The monoisotopic (exact) mass is 427 g/mol. The van der Waals surface area contributed by atoms with Gasteiger partial charge in [-0.15, -0.1) is 0 Å². The zero-order chi connectivity index (χ0) is 21.8. The first-order chi connectivity index (χ1) is 15.0. The number of benzene rings is 1. The zero-order valence-corrected chi connectivity index (χ0v) is 17.5. The van der Waals surface area contributed by atoms with E-state index in [0.29, 0.717) is 49.1 Å². The van der Waals surface area contributed by atoms with Crippen LogP contribution in [0.2, 0.25) is 0 Å². The van der Waals surface area contributed by atoms with Gasteiger partial charge in [-0.05, 0) is 44.0 Å². The minimum atomic E-state index is -0.369. The van der Waals surface area contributed by atoms with E-state index < -0.39 is 0 Å². The Bertz CT molecular complexity index is 947. The number of rotatable bonds is 5. The molecule has 2 amide bonds. The van der Waals surface area contributed by atoms with Crippen molar-refractivity contribution >= 4 is 17.5 Å². The van der Waals surface area contributed by atoms with E-state index >= 15 is 0 Å². The molecule has 0 saturated carbocycles. The van der Waals surface area contributed by atoms with Gasteiger partial charge in [-0.1, -0.05) is 0 Å². The molecule has 0 radical (unpaired) electrons. The lowest BCUT2D eigenvalue weighted by molar-refractivity contribution is -0.134. The molecule has 31 heavy (non-hydrogen) atoms. The van der Waals surface area contributed by atoms with Crippen LogP contribution in [0, 0.1) is 12.7 Å². The Hall–Kier alpha value is -2.91. The predicted molar refractivity (Wildman–Crippen MR) is 112 cm³/mol. The standard InChI is InChI=1S/C22H26FN5O3/c1-15-18(22(30)26-17-6-4-16(23)5-7-17)13-24-21(25-15)19-3-2-8-28(19)20(29)14-27-9-11-31-12-10-27/h4-7,13,19H,2-3,8-12,14H2,1H3,(H,26,30)/t19-/m0/s1. The molecule has 8 nitrogen and oxygen atoms in total. The number of aromatic nitrogens is 2. The SMILES string of the molecule is Cc1nc([C@@H]2CCCN2C(=O)CN2CCOCC2)ncc1C(=O)Nc1ccc(F)cc1. The fourth-order valence-electron chi connectivity index (χ4n) is 3.98. The van der Waals surface area contributed by atoms with Crippen molar-refractivity contribution in [3.8, 4) is 0 Å². The minimum Gasteiger partial charge on any atom is -0.379 e. The smallest absolute Gasteiger partial charge is 0.259 e. The largest absolute Gasteiger partial charge is 0.379 e. The van der Waals surface area contributed by atoms with Crippen LogP contribution in [0.5, 0.6) is 0 Å². The summed E-state index contributed by atoms with van der Waals surface area (Å²) in [6, 6.07) is 5.37. The van der Waals surface area contributed by atoms with Gasteiger partial charge in [0.05, 0.1) is 37.1 Å². The second-order valence-electron chi connectivity index (χ2n) is 7.82. The highest BCUT2D eigenvalue weighted by Gasteiger charge is 2.33. The highest BCUT2D eigenvalue weighted by Crippen LogP contribution is 2.30. The third-order valence-corrected chi connectivity index (χ3v) is 5.68. The molecule has 2 aliphatic heterocycles. The van der Waals surface area contributed by atoms with Gasteiger partial charge in [0.25, 0.3) is 5.91 Å². The maximum atomic E-state index is 13.1. The van der Waals surface area contributed by atoms with Crippen LogP contribution < -0.4 is 5.32 Å². The highest BCUT2D eigenvalue weighted by molar-refractivity contribution is 6.04. The topological polar surface area (TPSA) is 87.7 Å². The Morgan fingerprint density at radius 3 is 2.65 bits per heavy atom. The summed E-state index contributed by atoms with van der Waals surface area (Å²) in [6.07, 6.45) is 3.20. The number of halogens is 1. The Kier molecular flexibility index (Phi) is 6.53. The van der Waals surface area contributed by atoms with E-state index in [4.69, 9.17) is 4.74 Å². The first-order valence-corrected chi connectivity index (χ1v) is 10.5. The molecule has 1 atom stereocenters. The van der Waals surface area contributed by atoms with Crippen LogP contribution in [0.4, 0.5) is 10.1 Å². The third kappa shape index (κ3) is 5.05. The number of nitrogens with one attached hydrogen (secondary N) is 1. The van der Waals surface area contributed by atoms with Crippen LogP contribution in [-0.4, -0.2) is 71.0 Å². The molecule has 3 heterocycles. The maximum absolute atomic E-state index is 13.1. The molecule has 4 rings (SSSR count). The van der Waals surface area contributed by atoms with E-state index in [1.807, 2.05) is 4.90 Å². The van der Waals surface area contributed by atoms with Crippen molar-refractivity contribution < 1.29 is 18.7 Å². The van der Waals surface area contributed by atoms with Crippen molar-refractivity contribution in [2.24, 2.45) is 0 Å². The lowest BCUT2D eigenvalue weighted by Gasteiger charge is -2.30. The Morgan fingerprint density at radius 1 is 1.19 bits per heavy atom. The van der Waals surface area contributed by atoms with Crippen molar-refractivity contribution in [1.29, 1.82) is 0 Å². The maximum Gasteiger partial charge on any atom is 0.259 e. The number of nitrogens with zero attached hydrogens (tertiary/aromatic N) is 4. The molecule has 2 aromatic rings. The van der Waals surface area contributed by atoms with Crippen molar-refractivity contribution in [2.75, 3.05) is 44.7 Å². The molecule has 0 bridgehead atoms. The number of anilines is 1. The summed E-state index contributed by atoms with van der Waals surface area (Å²) >= 11 is 0. The van der Waals surface area contributed by atoms with E-state index in [9.17, 15) is 14.0 Å². The van der Waals surface area contributed by atoms with Crippen LogP contribution in [0.3, 0.4) is 0 Å². The molecule has 0 unspecified atom stereocenters. The molecule has 1 N–H and O–H groups in total. The van der Waals surface area contributed by atoms with Gasteiger partial charge in [-0.25, -0.2) is 14.4 Å². The minimum absolute atomic E-state index is 0.0729. The Balaban J connectivity index is 1.44. The second kappa shape index (κ2) is 9.49. The van der Waals surface area contributed by atoms with Gasteiger partial charge in [-0.3, -0.25) is 14.5 Å². The molecule has 1 aromatic heterocycles. The summed E-state index contributed by atoms with van der Waals surface area (Å²) in [4.78, 5) is 38.4. The van der Waals surface area contributed by atoms with Gasteiger partial charge in [0.1, 0.15) is 5.82 Å². The number of ether oxygens (including phenoxy) is 1. The third-order valence-electron chi connectivity index (χ3n) is 5.68. The van der Waals surface area contributed by atoms with E-state index in [-0.39, 0.29) is 23.7 Å². The molecule has 164 valence electrons. The Morgan fingerprint density at radius 2 is 1.94 bits per heavy atom. The summed E-state index contributed by atoms with van der Waals surface area (Å²) < 4.78 is 18.4. The quantitative estimate of drug-likeness (QED) is 0.787. The average molecular weight is 427 g/mol. The molecule has 0 spiro atoms. The van der Waals surface area contributed by atoms with E-state index in [1.165, 1.54) is 30.5 Å². The first-order valence-electron chi connectivity index (χ1n) is 10.5. The number of aryl methyl sites for hydroxylation is 1. The van der Waals surface area contributed by atoms with Crippen molar-refractivity contribution in [2.45, 2.75) is 25.8 Å². The van der Waals surface area contributed by atoms with Gasteiger partial charge in [-0.2, -0.15) is 0 Å². The van der Waals surface area contributed by atoms with Crippen LogP contribution >= 0.6 is 0 Å². The number of hydrogen-bond acceptors (Lipinski definition) is 6. The average Bonchev–Trinajstić information content (AvgIpc) is 3.26. The Labute approximate surface area is 180 Å². The summed E-state index contributed by atoms with van der Waals surface area (Å²) in [5.74, 6) is -0.0964. The highest BCUT2D eigenvalue weighted by atomic mass is 19.1. The van der Waals surface area contributed by atoms with E-state index in [1.54, 1.807) is 6.92 Å². The van der Waals surface area contributed by atoms with Crippen LogP contribution in [0.1, 0.15) is 40.8 Å². The fourth-order valence-corrected chi connectivity index (χ4v) is 3.98. The molecule has 1 aromatic carbocycles. The first kappa shape index (κ1) is 21.3. The van der Waals surface area contributed by atoms with Crippen molar-refractivity contribution in [3.63, 3.8) is 0 Å². The number of likely N-dealkylation sites (tertiary alicyclic amines) is 1.